The van der Waals surface area contributed by atoms with E-state index in [1.807, 2.05) is 0 Å². The van der Waals surface area contributed by atoms with Gasteiger partial charge in [0.25, 0.3) is 0 Å². The molecule has 6 nitrogen and oxygen atoms in total. The quantitative estimate of drug-likeness (QED) is 0.633. The third kappa shape index (κ3) is 4.50. The fourth-order valence-electron chi connectivity index (χ4n) is 1.37. The predicted molar refractivity (Wildman–Crippen MR) is 72.1 cm³/mol. The molecular formula is C13H18N2O4. The van der Waals surface area contributed by atoms with Crippen LogP contribution < -0.4 is 11.1 Å². The number of esters is 1. The molecule has 19 heavy (non-hydrogen) atoms. The van der Waals surface area contributed by atoms with E-state index >= 15 is 0 Å². The Bertz CT molecular complexity index is 492. The highest BCUT2D eigenvalue weighted by Gasteiger charge is 2.19. The van der Waals surface area contributed by atoms with Gasteiger partial charge in [-0.3, -0.25) is 5.32 Å². The normalized spacial score (nSPS) is 10.7. The summed E-state index contributed by atoms with van der Waals surface area (Å²) in [5.41, 5.74) is 5.88. The first-order valence-electron chi connectivity index (χ1n) is 5.71. The van der Waals surface area contributed by atoms with E-state index in [1.165, 1.54) is 19.2 Å². The zero-order chi connectivity index (χ0) is 14.6. The van der Waals surface area contributed by atoms with Gasteiger partial charge in [0.1, 0.15) is 5.60 Å². The van der Waals surface area contributed by atoms with E-state index in [-0.39, 0.29) is 11.3 Å². The van der Waals surface area contributed by atoms with Crippen LogP contribution in [0.25, 0.3) is 0 Å². The SMILES string of the molecule is COC(=O)c1ccc(N)cc1NC(=O)OC(C)(C)C. The number of benzene rings is 1. The zero-order valence-electron chi connectivity index (χ0n) is 11.4. The molecule has 0 saturated heterocycles. The number of nitrogens with two attached hydrogens (primary N) is 1. The second-order valence-corrected chi connectivity index (χ2v) is 4.92. The third-order valence-corrected chi connectivity index (χ3v) is 2.08. The van der Waals surface area contributed by atoms with Gasteiger partial charge in [-0.1, -0.05) is 0 Å². The second-order valence-electron chi connectivity index (χ2n) is 4.92. The van der Waals surface area contributed by atoms with Gasteiger partial charge in [0.2, 0.25) is 0 Å². The van der Waals surface area contributed by atoms with Gasteiger partial charge < -0.3 is 15.2 Å². The van der Waals surface area contributed by atoms with Gasteiger partial charge >= 0.3 is 12.1 Å². The van der Waals surface area contributed by atoms with E-state index in [0.29, 0.717) is 5.69 Å². The van der Waals surface area contributed by atoms with Crippen molar-refractivity contribution in [1.82, 2.24) is 0 Å². The lowest BCUT2D eigenvalue weighted by molar-refractivity contribution is 0.0602. The summed E-state index contributed by atoms with van der Waals surface area (Å²) in [5, 5.41) is 2.48. The zero-order valence-corrected chi connectivity index (χ0v) is 11.4. The van der Waals surface area contributed by atoms with Crippen molar-refractivity contribution in [2.45, 2.75) is 26.4 Å². The van der Waals surface area contributed by atoms with Crippen molar-refractivity contribution >= 4 is 23.4 Å². The Hall–Kier alpha value is -2.24. The molecule has 1 aromatic rings. The number of carbonyl (C=O) groups is 2. The monoisotopic (exact) mass is 266 g/mol. The molecule has 1 amide bonds. The molecule has 3 N–H and O–H groups in total. The maximum Gasteiger partial charge on any atom is 0.412 e. The van der Waals surface area contributed by atoms with E-state index in [9.17, 15) is 9.59 Å². The molecule has 0 radical (unpaired) electrons. The smallest absolute Gasteiger partial charge is 0.412 e. The minimum atomic E-state index is -0.664. The van der Waals surface area contributed by atoms with Crippen LogP contribution in [0.3, 0.4) is 0 Å². The van der Waals surface area contributed by atoms with E-state index in [2.05, 4.69) is 10.1 Å². The van der Waals surface area contributed by atoms with Gasteiger partial charge in [0.05, 0.1) is 18.4 Å². The number of amides is 1. The predicted octanol–water partition coefficient (Wildman–Crippen LogP) is 2.40. The third-order valence-electron chi connectivity index (χ3n) is 2.08. The molecule has 0 atom stereocenters. The van der Waals surface area contributed by atoms with Crippen molar-refractivity contribution in [3.8, 4) is 0 Å². The summed E-state index contributed by atoms with van der Waals surface area (Å²) >= 11 is 0. The molecule has 0 unspecified atom stereocenters. The molecule has 0 fully saturated rings. The van der Waals surface area contributed by atoms with Crippen molar-refractivity contribution in [3.05, 3.63) is 23.8 Å². The first kappa shape index (κ1) is 14.8. The summed E-state index contributed by atoms with van der Waals surface area (Å²) in [6.45, 7) is 5.23. The number of carbonyl (C=O) groups excluding carboxylic acids is 2. The first-order chi connectivity index (χ1) is 8.73. The fraction of sp³-hybridized carbons (Fsp3) is 0.385. The molecule has 104 valence electrons. The maximum atomic E-state index is 11.7. The first-order valence-corrected chi connectivity index (χ1v) is 5.71. The highest BCUT2D eigenvalue weighted by Crippen LogP contribution is 2.21. The van der Waals surface area contributed by atoms with Gasteiger partial charge in [0.15, 0.2) is 0 Å². The van der Waals surface area contributed by atoms with E-state index in [4.69, 9.17) is 10.5 Å². The molecule has 0 aliphatic carbocycles. The Morgan fingerprint density at radius 3 is 2.42 bits per heavy atom. The van der Waals surface area contributed by atoms with Crippen molar-refractivity contribution in [2.75, 3.05) is 18.2 Å². The summed E-state index contributed by atoms with van der Waals surface area (Å²) in [5.74, 6) is -0.564. The van der Waals surface area contributed by atoms with Crippen LogP contribution in [0.4, 0.5) is 16.2 Å². The van der Waals surface area contributed by atoms with Gasteiger partial charge in [-0.05, 0) is 39.0 Å². The van der Waals surface area contributed by atoms with E-state index in [1.54, 1.807) is 26.8 Å². The number of ether oxygens (including phenoxy) is 2. The standard InChI is InChI=1S/C13H18N2O4/c1-13(2,3)19-12(17)15-10-7-8(14)5-6-9(10)11(16)18-4/h5-7H,14H2,1-4H3,(H,15,17). The van der Waals surface area contributed by atoms with Crippen molar-refractivity contribution in [2.24, 2.45) is 0 Å². The molecule has 6 heteroatoms. The van der Waals surface area contributed by atoms with Crippen LogP contribution >= 0.6 is 0 Å². The minimum Gasteiger partial charge on any atom is -0.465 e. The topological polar surface area (TPSA) is 90.6 Å². The van der Waals surface area contributed by atoms with Gasteiger partial charge in [-0.15, -0.1) is 0 Å². The number of anilines is 2. The van der Waals surface area contributed by atoms with E-state index in [0.717, 1.165) is 0 Å². The molecule has 0 aromatic heterocycles. The summed E-state index contributed by atoms with van der Waals surface area (Å²) < 4.78 is 9.73. The largest absolute Gasteiger partial charge is 0.465 e. The lowest BCUT2D eigenvalue weighted by Gasteiger charge is -2.20. The molecule has 0 spiro atoms. The number of methoxy groups -OCH3 is 1. The lowest BCUT2D eigenvalue weighted by atomic mass is 10.1. The molecular weight excluding hydrogens is 248 g/mol. The molecule has 0 aliphatic heterocycles. The molecule has 0 bridgehead atoms. The van der Waals surface area contributed by atoms with Crippen LogP contribution in [0.2, 0.25) is 0 Å². The van der Waals surface area contributed by atoms with Crippen molar-refractivity contribution in [1.29, 1.82) is 0 Å². The van der Waals surface area contributed by atoms with Crippen LogP contribution in [0.15, 0.2) is 18.2 Å². The minimum absolute atomic E-state index is 0.211. The van der Waals surface area contributed by atoms with Gasteiger partial charge in [0, 0.05) is 5.69 Å². The summed E-state index contributed by atoms with van der Waals surface area (Å²) in [6.07, 6.45) is -0.664. The Morgan fingerprint density at radius 2 is 1.89 bits per heavy atom. The van der Waals surface area contributed by atoms with Crippen LogP contribution in [0.5, 0.6) is 0 Å². The maximum absolute atomic E-state index is 11.7. The number of nitrogens with one attached hydrogen (secondary N) is 1. The van der Waals surface area contributed by atoms with Crippen LogP contribution in [-0.4, -0.2) is 24.8 Å². The summed E-state index contributed by atoms with van der Waals surface area (Å²) in [6, 6.07) is 4.50. The lowest BCUT2D eigenvalue weighted by Crippen LogP contribution is -2.27. The van der Waals surface area contributed by atoms with Crippen LogP contribution in [0.1, 0.15) is 31.1 Å². The average Bonchev–Trinajstić information content (AvgIpc) is 2.25. The highest BCUT2D eigenvalue weighted by molar-refractivity contribution is 6.00. The number of nitrogen functional groups attached to an aromatic ring is 1. The van der Waals surface area contributed by atoms with Crippen molar-refractivity contribution < 1.29 is 19.1 Å². The average molecular weight is 266 g/mol. The van der Waals surface area contributed by atoms with E-state index < -0.39 is 17.7 Å². The molecule has 0 aliphatic rings. The molecule has 1 aromatic carbocycles. The van der Waals surface area contributed by atoms with Gasteiger partial charge in [-0.25, -0.2) is 9.59 Å². The van der Waals surface area contributed by atoms with Crippen LogP contribution in [-0.2, 0) is 9.47 Å². The molecule has 0 saturated carbocycles. The Labute approximate surface area is 111 Å². The van der Waals surface area contributed by atoms with Crippen molar-refractivity contribution in [3.63, 3.8) is 0 Å². The highest BCUT2D eigenvalue weighted by atomic mass is 16.6. The number of hydrogen-bond donors (Lipinski definition) is 2. The number of hydrogen-bond acceptors (Lipinski definition) is 5. The number of rotatable bonds is 2. The second kappa shape index (κ2) is 5.60. The summed E-state index contributed by atoms with van der Waals surface area (Å²) in [4.78, 5) is 23.2. The fourth-order valence-corrected chi connectivity index (χ4v) is 1.37. The Morgan fingerprint density at radius 1 is 1.26 bits per heavy atom. The Balaban J connectivity index is 2.96. The van der Waals surface area contributed by atoms with Crippen LogP contribution in [0, 0.1) is 0 Å². The molecule has 0 heterocycles. The summed E-state index contributed by atoms with van der Waals surface area (Å²) in [7, 11) is 1.26. The molecule has 1 rings (SSSR count). The van der Waals surface area contributed by atoms with Gasteiger partial charge in [-0.2, -0.15) is 0 Å². The Kier molecular flexibility index (Phi) is 4.37.